The van der Waals surface area contributed by atoms with Crippen LogP contribution in [-0.2, 0) is 9.53 Å². The van der Waals surface area contributed by atoms with E-state index < -0.39 is 6.10 Å². The van der Waals surface area contributed by atoms with Crippen molar-refractivity contribution in [2.75, 3.05) is 7.11 Å². The maximum Gasteiger partial charge on any atom is 0.308 e. The Balaban J connectivity index is 4.07. The first-order chi connectivity index (χ1) is 7.15. The molecule has 0 aliphatic rings. The second kappa shape index (κ2) is 8.48. The fourth-order valence-corrected chi connectivity index (χ4v) is 1.57. The second-order valence-electron chi connectivity index (χ2n) is 3.77. The third-order valence-corrected chi connectivity index (χ3v) is 2.55. The van der Waals surface area contributed by atoms with Crippen molar-refractivity contribution in [3.05, 3.63) is 12.7 Å². The summed E-state index contributed by atoms with van der Waals surface area (Å²) in [6, 6.07) is 0. The molecule has 2 unspecified atom stereocenters. The van der Waals surface area contributed by atoms with Gasteiger partial charge in [-0.05, 0) is 18.8 Å². The highest BCUT2D eigenvalue weighted by Gasteiger charge is 2.20. The molecule has 2 atom stereocenters. The number of rotatable bonds is 8. The minimum Gasteiger partial charge on any atom is -0.469 e. The lowest BCUT2D eigenvalue weighted by molar-refractivity contribution is -0.143. The molecular formula is C12H22O3. The Morgan fingerprint density at radius 3 is 2.73 bits per heavy atom. The topological polar surface area (TPSA) is 46.5 Å². The number of aliphatic hydroxyl groups excluding tert-OH is 1. The summed E-state index contributed by atoms with van der Waals surface area (Å²) < 4.78 is 4.53. The van der Waals surface area contributed by atoms with Gasteiger partial charge in [0.05, 0.1) is 19.6 Å². The third kappa shape index (κ3) is 6.28. The summed E-state index contributed by atoms with van der Waals surface area (Å²) in [5, 5.41) is 9.82. The highest BCUT2D eigenvalue weighted by molar-refractivity contribution is 5.69. The summed E-state index contributed by atoms with van der Waals surface area (Å²) in [5.41, 5.74) is 0. The summed E-state index contributed by atoms with van der Waals surface area (Å²) >= 11 is 0. The van der Waals surface area contributed by atoms with Crippen LogP contribution in [0.5, 0.6) is 0 Å². The van der Waals surface area contributed by atoms with Gasteiger partial charge in [-0.2, -0.15) is 0 Å². The van der Waals surface area contributed by atoms with E-state index in [1.54, 1.807) is 6.08 Å². The zero-order chi connectivity index (χ0) is 11.7. The molecule has 0 rings (SSSR count). The fraction of sp³-hybridized carbons (Fsp3) is 0.750. The largest absolute Gasteiger partial charge is 0.469 e. The molecule has 0 amide bonds. The first kappa shape index (κ1) is 14.2. The highest BCUT2D eigenvalue weighted by Crippen LogP contribution is 2.20. The second-order valence-corrected chi connectivity index (χ2v) is 3.77. The van der Waals surface area contributed by atoms with Crippen molar-refractivity contribution in [1.82, 2.24) is 0 Å². The zero-order valence-corrected chi connectivity index (χ0v) is 9.74. The van der Waals surface area contributed by atoms with Crippen molar-refractivity contribution in [3.63, 3.8) is 0 Å². The molecule has 0 bridgehead atoms. The number of hydrogen-bond acceptors (Lipinski definition) is 3. The van der Waals surface area contributed by atoms with Crippen LogP contribution in [0.4, 0.5) is 0 Å². The lowest BCUT2D eigenvalue weighted by atomic mass is 9.91. The van der Waals surface area contributed by atoms with Crippen LogP contribution < -0.4 is 0 Å². The number of allylic oxidation sites excluding steroid dienone is 1. The molecular weight excluding hydrogens is 192 g/mol. The van der Waals surface area contributed by atoms with E-state index in [2.05, 4.69) is 18.2 Å². The van der Waals surface area contributed by atoms with Gasteiger partial charge in [0.2, 0.25) is 0 Å². The molecule has 0 aromatic carbocycles. The van der Waals surface area contributed by atoms with Crippen LogP contribution >= 0.6 is 0 Å². The molecule has 0 fully saturated rings. The van der Waals surface area contributed by atoms with Crippen molar-refractivity contribution < 1.29 is 14.6 Å². The zero-order valence-electron chi connectivity index (χ0n) is 9.74. The summed E-state index contributed by atoms with van der Waals surface area (Å²) in [6.07, 6.45) is 5.11. The summed E-state index contributed by atoms with van der Waals surface area (Å²) in [6.45, 7) is 5.77. The number of carbonyl (C=O) groups is 1. The number of esters is 1. The van der Waals surface area contributed by atoms with E-state index in [0.29, 0.717) is 0 Å². The van der Waals surface area contributed by atoms with Crippen LogP contribution in [0.15, 0.2) is 12.7 Å². The Bertz CT molecular complexity index is 189. The number of hydrogen-bond donors (Lipinski definition) is 1. The lowest BCUT2D eigenvalue weighted by Gasteiger charge is -2.20. The number of aliphatic hydroxyl groups is 1. The van der Waals surface area contributed by atoms with Gasteiger partial charge in [-0.25, -0.2) is 0 Å². The van der Waals surface area contributed by atoms with E-state index >= 15 is 0 Å². The lowest BCUT2D eigenvalue weighted by Crippen LogP contribution is -2.24. The Morgan fingerprint density at radius 2 is 2.27 bits per heavy atom. The Morgan fingerprint density at radius 1 is 1.60 bits per heavy atom. The molecule has 0 spiro atoms. The molecule has 88 valence electrons. The van der Waals surface area contributed by atoms with Crippen molar-refractivity contribution >= 4 is 5.97 Å². The number of unbranched alkanes of at least 4 members (excludes halogenated alkanes) is 1. The summed E-state index contributed by atoms with van der Waals surface area (Å²) in [5.74, 6) is -0.227. The molecule has 0 aromatic rings. The molecule has 0 saturated carbocycles. The highest BCUT2D eigenvalue weighted by atomic mass is 16.5. The molecule has 0 radical (unpaired) electrons. The summed E-state index contributed by atoms with van der Waals surface area (Å²) in [7, 11) is 1.34. The Hall–Kier alpha value is -0.830. The number of carbonyl (C=O) groups excluding carboxylic acids is 1. The van der Waals surface area contributed by atoms with Crippen molar-refractivity contribution in [2.45, 2.75) is 45.1 Å². The quantitative estimate of drug-likeness (QED) is 0.498. The Kier molecular flexibility index (Phi) is 8.01. The van der Waals surface area contributed by atoms with Crippen molar-refractivity contribution in [2.24, 2.45) is 5.92 Å². The minimum atomic E-state index is -0.609. The fourth-order valence-electron chi connectivity index (χ4n) is 1.57. The first-order valence-electron chi connectivity index (χ1n) is 5.51. The maximum atomic E-state index is 11.0. The molecule has 1 N–H and O–H groups in total. The van der Waals surface area contributed by atoms with Crippen LogP contribution in [0.25, 0.3) is 0 Å². The minimum absolute atomic E-state index is 0.0821. The first-order valence-corrected chi connectivity index (χ1v) is 5.51. The number of methoxy groups -OCH3 is 1. The standard InChI is InChI=1S/C12H22O3/c1-4-6-8-10(7-5-2)11(13)9-12(14)15-3/h5,10-11,13H,2,4,6-9H2,1,3H3. The van der Waals surface area contributed by atoms with Crippen LogP contribution in [0.2, 0.25) is 0 Å². The van der Waals surface area contributed by atoms with Gasteiger partial charge >= 0.3 is 5.97 Å². The van der Waals surface area contributed by atoms with E-state index in [4.69, 9.17) is 0 Å². The SMILES string of the molecule is C=CCC(CCCC)C(O)CC(=O)OC. The molecule has 0 aliphatic carbocycles. The van der Waals surface area contributed by atoms with Gasteiger partial charge in [-0.15, -0.1) is 6.58 Å². The van der Waals surface area contributed by atoms with Crippen molar-refractivity contribution in [1.29, 1.82) is 0 Å². The average molecular weight is 214 g/mol. The molecule has 3 heteroatoms. The van der Waals surface area contributed by atoms with Crippen molar-refractivity contribution in [3.8, 4) is 0 Å². The predicted octanol–water partition coefficient (Wildman–Crippen LogP) is 2.29. The average Bonchev–Trinajstić information content (AvgIpc) is 2.23. The molecule has 0 saturated heterocycles. The van der Waals surface area contributed by atoms with Crippen LogP contribution in [-0.4, -0.2) is 24.3 Å². The van der Waals surface area contributed by atoms with Crippen LogP contribution in [0.1, 0.15) is 39.0 Å². The monoisotopic (exact) mass is 214 g/mol. The van der Waals surface area contributed by atoms with Gasteiger partial charge in [0.15, 0.2) is 0 Å². The van der Waals surface area contributed by atoms with Crippen LogP contribution in [0, 0.1) is 5.92 Å². The molecule has 3 nitrogen and oxygen atoms in total. The van der Waals surface area contributed by atoms with Gasteiger partial charge in [-0.1, -0.05) is 25.8 Å². The van der Waals surface area contributed by atoms with Gasteiger partial charge in [0.1, 0.15) is 0 Å². The smallest absolute Gasteiger partial charge is 0.308 e. The van der Waals surface area contributed by atoms with E-state index in [0.717, 1.165) is 25.7 Å². The maximum absolute atomic E-state index is 11.0. The van der Waals surface area contributed by atoms with Gasteiger partial charge in [-0.3, -0.25) is 4.79 Å². The Labute approximate surface area is 92.1 Å². The van der Waals surface area contributed by atoms with Gasteiger partial charge in [0, 0.05) is 0 Å². The van der Waals surface area contributed by atoms with E-state index in [1.807, 2.05) is 0 Å². The van der Waals surface area contributed by atoms with E-state index in [9.17, 15) is 9.90 Å². The molecule has 15 heavy (non-hydrogen) atoms. The van der Waals surface area contributed by atoms with Crippen LogP contribution in [0.3, 0.4) is 0 Å². The molecule has 0 aromatic heterocycles. The third-order valence-electron chi connectivity index (χ3n) is 2.55. The van der Waals surface area contributed by atoms with E-state index in [-0.39, 0.29) is 18.3 Å². The van der Waals surface area contributed by atoms with Gasteiger partial charge < -0.3 is 9.84 Å². The van der Waals surface area contributed by atoms with E-state index in [1.165, 1.54) is 7.11 Å². The predicted molar refractivity (Wildman–Crippen MR) is 60.5 cm³/mol. The summed E-state index contributed by atoms with van der Waals surface area (Å²) in [4.78, 5) is 11.0. The molecule has 0 heterocycles. The normalized spacial score (nSPS) is 14.3. The number of ether oxygens (including phenoxy) is 1. The van der Waals surface area contributed by atoms with Gasteiger partial charge in [0.25, 0.3) is 0 Å². The molecule has 0 aliphatic heterocycles.